The largest absolute Gasteiger partial charge is 0.375 e. The summed E-state index contributed by atoms with van der Waals surface area (Å²) in [6, 6.07) is 3.14. The molecule has 2 rings (SSSR count). The van der Waals surface area contributed by atoms with E-state index in [1.54, 1.807) is 12.1 Å². The van der Waals surface area contributed by atoms with Gasteiger partial charge in [-0.05, 0) is 19.4 Å². The molecule has 0 bridgehead atoms. The first-order chi connectivity index (χ1) is 11.8. The molecule has 1 amide bonds. The van der Waals surface area contributed by atoms with Gasteiger partial charge in [0.2, 0.25) is 0 Å². The zero-order valence-electron chi connectivity index (χ0n) is 14.8. The fourth-order valence-corrected chi connectivity index (χ4v) is 3.79. The molecule has 1 aromatic carbocycles. The number of amides is 1. The number of hydrogen-bond acceptors (Lipinski definition) is 3. The lowest BCUT2D eigenvalue weighted by molar-refractivity contribution is -0.141. The third-order valence-corrected chi connectivity index (χ3v) is 5.42. The summed E-state index contributed by atoms with van der Waals surface area (Å²) < 4.78 is 0. The second kappa shape index (κ2) is 8.52. The van der Waals surface area contributed by atoms with Crippen LogP contribution in [0.4, 0.5) is 5.69 Å². The Hall–Kier alpha value is -1.10. The number of fused-ring (bicyclic) bond motifs is 1. The molecule has 1 atom stereocenters. The van der Waals surface area contributed by atoms with Gasteiger partial charge in [-0.1, -0.05) is 68.3 Å². The van der Waals surface area contributed by atoms with Crippen LogP contribution in [0.25, 0.3) is 0 Å². The number of anilines is 1. The first kappa shape index (κ1) is 20.2. The highest BCUT2D eigenvalue weighted by molar-refractivity contribution is 6.44. The zero-order valence-corrected chi connectivity index (χ0v) is 16.3. The number of hydrogen-bond donors (Lipinski definition) is 1. The number of ketones is 1. The predicted octanol–water partition coefficient (Wildman–Crippen LogP) is 4.87. The van der Waals surface area contributed by atoms with Crippen molar-refractivity contribution in [1.29, 1.82) is 0 Å². The maximum atomic E-state index is 12.9. The summed E-state index contributed by atoms with van der Waals surface area (Å²) in [6.07, 6.45) is 6.25. The van der Waals surface area contributed by atoms with Crippen molar-refractivity contribution in [3.05, 3.63) is 27.7 Å². The topological polar surface area (TPSA) is 57.6 Å². The van der Waals surface area contributed by atoms with E-state index in [0.29, 0.717) is 22.8 Å². The van der Waals surface area contributed by atoms with E-state index in [-0.39, 0.29) is 17.2 Å². The molecular formula is C19H25Cl2NO3. The Morgan fingerprint density at radius 1 is 1.16 bits per heavy atom. The lowest BCUT2D eigenvalue weighted by Gasteiger charge is -2.22. The van der Waals surface area contributed by atoms with E-state index in [0.717, 1.165) is 19.3 Å². The van der Waals surface area contributed by atoms with Crippen LogP contribution in [-0.2, 0) is 15.2 Å². The van der Waals surface area contributed by atoms with Crippen molar-refractivity contribution in [2.45, 2.75) is 64.4 Å². The van der Waals surface area contributed by atoms with Crippen molar-refractivity contribution in [2.24, 2.45) is 0 Å². The van der Waals surface area contributed by atoms with Crippen LogP contribution in [-0.4, -0.2) is 23.3 Å². The molecule has 1 unspecified atom stereocenters. The van der Waals surface area contributed by atoms with E-state index in [4.69, 9.17) is 23.2 Å². The third-order valence-electron chi connectivity index (χ3n) is 4.62. The maximum Gasteiger partial charge on any atom is 0.264 e. The van der Waals surface area contributed by atoms with Crippen LogP contribution in [0.5, 0.6) is 0 Å². The van der Waals surface area contributed by atoms with Gasteiger partial charge in [-0.25, -0.2) is 0 Å². The molecule has 0 aromatic heterocycles. The predicted molar refractivity (Wildman–Crippen MR) is 101 cm³/mol. The van der Waals surface area contributed by atoms with Gasteiger partial charge in [-0.2, -0.15) is 0 Å². The molecule has 4 nitrogen and oxygen atoms in total. The first-order valence-electron chi connectivity index (χ1n) is 8.85. The Labute approximate surface area is 159 Å². The Morgan fingerprint density at radius 2 is 1.80 bits per heavy atom. The molecule has 1 N–H and O–H groups in total. The van der Waals surface area contributed by atoms with E-state index in [2.05, 4.69) is 6.92 Å². The van der Waals surface area contributed by atoms with E-state index in [1.165, 1.54) is 31.1 Å². The molecule has 0 fully saturated rings. The monoisotopic (exact) mass is 385 g/mol. The van der Waals surface area contributed by atoms with Crippen molar-refractivity contribution in [3.63, 3.8) is 0 Å². The minimum atomic E-state index is -1.85. The second-order valence-corrected chi connectivity index (χ2v) is 7.51. The molecule has 0 spiro atoms. The number of Topliss-reactive ketones (excluding diaryl/α,β-unsaturated/α-hetero) is 1. The maximum absolute atomic E-state index is 12.9. The molecule has 0 aliphatic carbocycles. The molecule has 25 heavy (non-hydrogen) atoms. The van der Waals surface area contributed by atoms with Crippen LogP contribution in [0.3, 0.4) is 0 Å². The highest BCUT2D eigenvalue weighted by Gasteiger charge is 2.51. The number of benzene rings is 1. The van der Waals surface area contributed by atoms with Crippen molar-refractivity contribution in [1.82, 2.24) is 0 Å². The van der Waals surface area contributed by atoms with E-state index < -0.39 is 11.5 Å². The van der Waals surface area contributed by atoms with Gasteiger partial charge < -0.3 is 10.0 Å². The fraction of sp³-hybridized carbons (Fsp3) is 0.579. The molecule has 1 aliphatic heterocycles. The van der Waals surface area contributed by atoms with Crippen LogP contribution < -0.4 is 4.90 Å². The zero-order chi connectivity index (χ0) is 18.6. The second-order valence-electron chi connectivity index (χ2n) is 6.72. The molecular weight excluding hydrogens is 361 g/mol. The standard InChI is InChI=1S/C19H25Cl2NO3/c1-3-4-5-6-7-8-11-22-17-14(9-10-15(20)16(17)21)19(25,18(22)24)12-13(2)23/h9-10,25H,3-8,11-12H2,1-2H3. The summed E-state index contributed by atoms with van der Waals surface area (Å²) in [5.41, 5.74) is -1.04. The smallest absolute Gasteiger partial charge is 0.264 e. The van der Waals surface area contributed by atoms with Gasteiger partial charge in [0.05, 0.1) is 15.7 Å². The minimum absolute atomic E-state index is 0.248. The number of nitrogens with zero attached hydrogens (tertiary/aromatic N) is 1. The number of rotatable bonds is 9. The summed E-state index contributed by atoms with van der Waals surface area (Å²) >= 11 is 12.4. The van der Waals surface area contributed by atoms with Gasteiger partial charge >= 0.3 is 0 Å². The van der Waals surface area contributed by atoms with Gasteiger partial charge in [-0.15, -0.1) is 0 Å². The molecule has 138 valence electrons. The molecule has 0 radical (unpaired) electrons. The molecule has 1 aliphatic rings. The van der Waals surface area contributed by atoms with Gasteiger partial charge in [-0.3, -0.25) is 9.59 Å². The SMILES string of the molecule is CCCCCCCCN1C(=O)C(O)(CC(C)=O)c2ccc(Cl)c(Cl)c21. The summed E-state index contributed by atoms with van der Waals surface area (Å²) in [7, 11) is 0. The number of carbonyl (C=O) groups excluding carboxylic acids is 2. The van der Waals surface area contributed by atoms with Crippen molar-refractivity contribution in [3.8, 4) is 0 Å². The highest BCUT2D eigenvalue weighted by atomic mass is 35.5. The van der Waals surface area contributed by atoms with Gasteiger partial charge in [0.25, 0.3) is 5.91 Å². The molecule has 0 saturated carbocycles. The van der Waals surface area contributed by atoms with E-state index in [1.807, 2.05) is 0 Å². The Kier molecular flexibility index (Phi) is 6.89. The van der Waals surface area contributed by atoms with Gasteiger partial charge in [0, 0.05) is 18.5 Å². The lowest BCUT2D eigenvalue weighted by atomic mass is 9.90. The number of carbonyl (C=O) groups is 2. The van der Waals surface area contributed by atoms with Crippen LogP contribution >= 0.6 is 23.2 Å². The van der Waals surface area contributed by atoms with E-state index >= 15 is 0 Å². The Balaban J connectivity index is 2.22. The normalized spacial score (nSPS) is 19.4. The van der Waals surface area contributed by atoms with Gasteiger partial charge in [0.15, 0.2) is 5.60 Å². The van der Waals surface area contributed by atoms with Crippen LogP contribution in [0.2, 0.25) is 10.0 Å². The molecule has 1 aromatic rings. The highest BCUT2D eigenvalue weighted by Crippen LogP contribution is 2.48. The Bertz CT molecular complexity index is 662. The van der Waals surface area contributed by atoms with E-state index in [9.17, 15) is 14.7 Å². The van der Waals surface area contributed by atoms with Gasteiger partial charge in [0.1, 0.15) is 5.78 Å². The molecule has 0 saturated heterocycles. The van der Waals surface area contributed by atoms with Crippen molar-refractivity contribution >= 4 is 40.6 Å². The quantitative estimate of drug-likeness (QED) is 0.616. The summed E-state index contributed by atoms with van der Waals surface area (Å²) in [5, 5.41) is 11.5. The summed E-state index contributed by atoms with van der Waals surface area (Å²) in [5.74, 6) is -0.746. The van der Waals surface area contributed by atoms with Crippen molar-refractivity contribution < 1.29 is 14.7 Å². The average Bonchev–Trinajstić information content (AvgIpc) is 2.75. The summed E-state index contributed by atoms with van der Waals surface area (Å²) in [6.45, 7) is 3.98. The van der Waals surface area contributed by atoms with Crippen LogP contribution in [0, 0.1) is 0 Å². The first-order valence-corrected chi connectivity index (χ1v) is 9.60. The van der Waals surface area contributed by atoms with Crippen LogP contribution in [0.1, 0.15) is 64.4 Å². The third kappa shape index (κ3) is 4.18. The Morgan fingerprint density at radius 3 is 2.44 bits per heavy atom. The number of halogens is 2. The minimum Gasteiger partial charge on any atom is -0.375 e. The lowest BCUT2D eigenvalue weighted by Crippen LogP contribution is -2.42. The fourth-order valence-electron chi connectivity index (χ4n) is 3.37. The molecule has 1 heterocycles. The van der Waals surface area contributed by atoms with Crippen LogP contribution in [0.15, 0.2) is 12.1 Å². The summed E-state index contributed by atoms with van der Waals surface area (Å²) in [4.78, 5) is 26.0. The number of unbranched alkanes of at least 4 members (excludes halogenated alkanes) is 5. The molecule has 6 heteroatoms. The number of aliphatic hydroxyl groups is 1. The van der Waals surface area contributed by atoms with Crippen molar-refractivity contribution in [2.75, 3.05) is 11.4 Å². The average molecular weight is 386 g/mol.